The van der Waals surface area contributed by atoms with Crippen molar-refractivity contribution in [3.63, 3.8) is 0 Å². The minimum absolute atomic E-state index is 0.0852. The summed E-state index contributed by atoms with van der Waals surface area (Å²) in [4.78, 5) is 0. The van der Waals surface area contributed by atoms with E-state index in [1.165, 1.54) is 51.4 Å². The Bertz CT molecular complexity index is 725. The van der Waals surface area contributed by atoms with Gasteiger partial charge in [-0.1, -0.05) is 57.4 Å². The van der Waals surface area contributed by atoms with Gasteiger partial charge >= 0.3 is 0 Å². The van der Waals surface area contributed by atoms with Crippen LogP contribution in [0.4, 0.5) is 0 Å². The second-order valence-corrected chi connectivity index (χ2v) is 13.1. The van der Waals surface area contributed by atoms with E-state index in [0.717, 1.165) is 42.4 Å². The Hall–Kier alpha value is -0.560. The van der Waals surface area contributed by atoms with Crippen molar-refractivity contribution in [1.29, 1.82) is 0 Å². The van der Waals surface area contributed by atoms with E-state index in [4.69, 9.17) is 0 Å². The van der Waals surface area contributed by atoms with Crippen LogP contribution in [0.3, 0.4) is 0 Å². The van der Waals surface area contributed by atoms with E-state index in [1.807, 2.05) is 0 Å². The van der Waals surface area contributed by atoms with Gasteiger partial charge in [0.1, 0.15) is 0 Å². The summed E-state index contributed by atoms with van der Waals surface area (Å²) < 4.78 is 0. The average molecular weight is 427 g/mol. The van der Waals surface area contributed by atoms with Crippen LogP contribution in [0, 0.1) is 46.3 Å². The summed E-state index contributed by atoms with van der Waals surface area (Å²) in [5.41, 5.74) is 5.80. The van der Waals surface area contributed by atoms with Gasteiger partial charge in [-0.15, -0.1) is 0 Å². The van der Waals surface area contributed by atoms with Crippen molar-refractivity contribution in [2.75, 3.05) is 0 Å². The van der Waals surface area contributed by atoms with E-state index in [2.05, 4.69) is 54.5 Å². The van der Waals surface area contributed by atoms with Crippen molar-refractivity contribution in [3.8, 4) is 0 Å². The molecule has 0 heterocycles. The Morgan fingerprint density at radius 3 is 2.45 bits per heavy atom. The monoisotopic (exact) mass is 426 g/mol. The highest BCUT2D eigenvalue weighted by molar-refractivity contribution is 5.25. The second-order valence-electron chi connectivity index (χ2n) is 13.1. The quantitative estimate of drug-likeness (QED) is 0.438. The normalized spacial score (nSPS) is 43.0. The minimum Gasteiger partial charge on any atom is -0.393 e. The van der Waals surface area contributed by atoms with Crippen LogP contribution in [0.2, 0.25) is 0 Å². The summed E-state index contributed by atoms with van der Waals surface area (Å²) in [7, 11) is 0. The van der Waals surface area contributed by atoms with E-state index < -0.39 is 0 Å². The number of hydrogen-bond donors (Lipinski definition) is 1. The van der Waals surface area contributed by atoms with Gasteiger partial charge in [0, 0.05) is 0 Å². The van der Waals surface area contributed by atoms with Crippen LogP contribution in [-0.4, -0.2) is 11.2 Å². The molecule has 1 heteroatoms. The highest BCUT2D eigenvalue weighted by Crippen LogP contribution is 2.67. The first-order valence-corrected chi connectivity index (χ1v) is 13.6. The number of allylic oxidation sites excluding steroid dienone is 3. The lowest BCUT2D eigenvalue weighted by Gasteiger charge is -2.58. The predicted molar refractivity (Wildman–Crippen MR) is 133 cm³/mol. The standard InChI is InChI=1S/C30H50O/c1-19(2)24(20(3)4)10-8-21(5)26-12-13-27-25-11-9-22-18-23(31)14-16-29(22,6)28(25)15-17-30(26,27)7/h9,19,21,23,25-28,31H,8,10-18H2,1-7H3/t21?,23-,25-,26+,27-,28-,29-,30+/m0/s1. The lowest BCUT2D eigenvalue weighted by atomic mass is 9.47. The highest BCUT2D eigenvalue weighted by Gasteiger charge is 2.59. The summed E-state index contributed by atoms with van der Waals surface area (Å²) in [6, 6.07) is 0. The van der Waals surface area contributed by atoms with Gasteiger partial charge in [-0.25, -0.2) is 0 Å². The Labute approximate surface area is 193 Å². The number of rotatable bonds is 5. The predicted octanol–water partition coefficient (Wildman–Crippen LogP) is 8.34. The van der Waals surface area contributed by atoms with Crippen molar-refractivity contribution in [3.05, 3.63) is 22.8 Å². The Kier molecular flexibility index (Phi) is 6.59. The molecule has 0 saturated heterocycles. The number of aliphatic hydroxyl groups excluding tert-OH is 1. The average Bonchev–Trinajstić information content (AvgIpc) is 3.05. The second kappa shape index (κ2) is 8.66. The zero-order chi connectivity index (χ0) is 22.6. The zero-order valence-electron chi connectivity index (χ0n) is 21.6. The first kappa shape index (κ1) is 23.6. The van der Waals surface area contributed by atoms with E-state index in [9.17, 15) is 5.11 Å². The molecular weight excluding hydrogens is 376 g/mol. The fourth-order valence-corrected chi connectivity index (χ4v) is 9.32. The molecule has 176 valence electrons. The van der Waals surface area contributed by atoms with Crippen molar-refractivity contribution >= 4 is 0 Å². The first-order valence-electron chi connectivity index (χ1n) is 13.6. The van der Waals surface area contributed by atoms with Crippen LogP contribution in [0.15, 0.2) is 22.8 Å². The summed E-state index contributed by atoms with van der Waals surface area (Å²) in [6.45, 7) is 17.2. The number of aliphatic hydroxyl groups is 1. The molecule has 3 fully saturated rings. The molecule has 0 aromatic rings. The van der Waals surface area contributed by atoms with Crippen LogP contribution in [0.25, 0.3) is 0 Å². The van der Waals surface area contributed by atoms with E-state index in [0.29, 0.717) is 16.7 Å². The molecule has 8 atom stereocenters. The van der Waals surface area contributed by atoms with Crippen LogP contribution in [-0.2, 0) is 0 Å². The molecule has 1 unspecified atom stereocenters. The molecule has 0 aliphatic heterocycles. The fraction of sp³-hybridized carbons (Fsp3) is 0.867. The number of fused-ring (bicyclic) bond motifs is 5. The Balaban J connectivity index is 1.49. The van der Waals surface area contributed by atoms with E-state index >= 15 is 0 Å². The van der Waals surface area contributed by atoms with Crippen molar-refractivity contribution in [1.82, 2.24) is 0 Å². The third-order valence-corrected chi connectivity index (χ3v) is 11.0. The molecule has 4 rings (SSSR count). The maximum Gasteiger partial charge on any atom is 0.0577 e. The third-order valence-electron chi connectivity index (χ3n) is 11.0. The SMILES string of the molecule is CC(C)=C(CCC(C)[C@H]1CC[C@H]2[C@@H]3CC=C4C[C@@H](O)CC[C@]4(C)[C@H]3CC[C@]12C)C(C)C. The molecule has 31 heavy (non-hydrogen) atoms. The lowest BCUT2D eigenvalue weighted by molar-refractivity contribution is -0.0571. The molecule has 4 aliphatic rings. The molecule has 0 aromatic carbocycles. The van der Waals surface area contributed by atoms with Gasteiger partial charge < -0.3 is 5.11 Å². The molecule has 0 spiro atoms. The molecular formula is C30H50O. The number of hydrogen-bond acceptors (Lipinski definition) is 1. The maximum absolute atomic E-state index is 10.3. The van der Waals surface area contributed by atoms with Gasteiger partial charge in [0.05, 0.1) is 6.10 Å². The van der Waals surface area contributed by atoms with E-state index in [-0.39, 0.29) is 6.10 Å². The largest absolute Gasteiger partial charge is 0.393 e. The minimum atomic E-state index is -0.0852. The molecule has 1 nitrogen and oxygen atoms in total. The van der Waals surface area contributed by atoms with Crippen molar-refractivity contribution in [2.45, 2.75) is 119 Å². The Morgan fingerprint density at radius 1 is 1.03 bits per heavy atom. The lowest BCUT2D eigenvalue weighted by Crippen LogP contribution is -2.50. The third kappa shape index (κ3) is 4.00. The van der Waals surface area contributed by atoms with E-state index in [1.54, 1.807) is 16.7 Å². The van der Waals surface area contributed by atoms with Gasteiger partial charge in [0.2, 0.25) is 0 Å². The highest BCUT2D eigenvalue weighted by atomic mass is 16.3. The first-order chi connectivity index (χ1) is 14.6. The molecule has 3 saturated carbocycles. The molecule has 4 aliphatic carbocycles. The fourth-order valence-electron chi connectivity index (χ4n) is 9.32. The summed E-state index contributed by atoms with van der Waals surface area (Å²) >= 11 is 0. The van der Waals surface area contributed by atoms with Gasteiger partial charge in [-0.3, -0.25) is 0 Å². The van der Waals surface area contributed by atoms with Crippen LogP contribution >= 0.6 is 0 Å². The summed E-state index contributed by atoms with van der Waals surface area (Å²) in [5.74, 6) is 5.13. The van der Waals surface area contributed by atoms with Crippen LogP contribution < -0.4 is 0 Å². The van der Waals surface area contributed by atoms with Gasteiger partial charge in [0.15, 0.2) is 0 Å². The van der Waals surface area contributed by atoms with Crippen molar-refractivity contribution < 1.29 is 5.11 Å². The maximum atomic E-state index is 10.3. The topological polar surface area (TPSA) is 20.2 Å². The molecule has 1 N–H and O–H groups in total. The molecule has 0 bridgehead atoms. The summed E-state index contributed by atoms with van der Waals surface area (Å²) in [6.07, 6.45) is 15.5. The van der Waals surface area contributed by atoms with Crippen LogP contribution in [0.1, 0.15) is 113 Å². The van der Waals surface area contributed by atoms with Crippen LogP contribution in [0.5, 0.6) is 0 Å². The van der Waals surface area contributed by atoms with Gasteiger partial charge in [-0.2, -0.15) is 0 Å². The summed E-state index contributed by atoms with van der Waals surface area (Å²) in [5, 5.41) is 10.3. The van der Waals surface area contributed by atoms with Gasteiger partial charge in [-0.05, 0) is 124 Å². The smallest absolute Gasteiger partial charge is 0.0577 e. The Morgan fingerprint density at radius 2 is 1.77 bits per heavy atom. The molecule has 0 aromatic heterocycles. The molecule has 0 amide bonds. The zero-order valence-corrected chi connectivity index (χ0v) is 21.6. The van der Waals surface area contributed by atoms with Crippen molar-refractivity contribution in [2.24, 2.45) is 46.3 Å². The van der Waals surface area contributed by atoms with Gasteiger partial charge in [0.25, 0.3) is 0 Å². The molecule has 0 radical (unpaired) electrons.